The molecule has 0 aliphatic rings. The maximum atomic E-state index is 11.9. The zero-order valence-electron chi connectivity index (χ0n) is 11.7. The van der Waals surface area contributed by atoms with Gasteiger partial charge in [0.15, 0.2) is 6.10 Å². The summed E-state index contributed by atoms with van der Waals surface area (Å²) < 4.78 is 10.7. The Labute approximate surface area is 108 Å². The van der Waals surface area contributed by atoms with Crippen LogP contribution in [0, 0.1) is 13.8 Å². The number of hydrogen-bond donors (Lipinski definition) is 0. The summed E-state index contributed by atoms with van der Waals surface area (Å²) in [7, 11) is 0. The van der Waals surface area contributed by atoms with Crippen molar-refractivity contribution < 1.29 is 14.3 Å². The van der Waals surface area contributed by atoms with Crippen molar-refractivity contribution in [1.29, 1.82) is 0 Å². The smallest absolute Gasteiger partial charge is 0.340 e. The van der Waals surface area contributed by atoms with E-state index in [9.17, 15) is 4.79 Å². The molecule has 0 radical (unpaired) electrons. The van der Waals surface area contributed by atoms with Gasteiger partial charge in [-0.3, -0.25) is 4.98 Å². The summed E-state index contributed by atoms with van der Waals surface area (Å²) in [6, 6.07) is 3.75. The molecule has 0 bridgehead atoms. The molecule has 1 heterocycles. The molecule has 0 spiro atoms. The summed E-state index contributed by atoms with van der Waals surface area (Å²) in [5.41, 5.74) is 2.49. The molecule has 0 amide bonds. The maximum Gasteiger partial charge on any atom is 0.340 e. The number of rotatable bonds is 5. The molecule has 0 aromatic carbocycles. The van der Waals surface area contributed by atoms with Crippen molar-refractivity contribution in [1.82, 2.24) is 4.98 Å². The molecule has 0 aliphatic heterocycles. The Kier molecular flexibility index (Phi) is 5.28. The lowest BCUT2D eigenvalue weighted by Crippen LogP contribution is -2.23. The van der Waals surface area contributed by atoms with Gasteiger partial charge in [-0.05, 0) is 40.7 Å². The topological polar surface area (TPSA) is 48.4 Å². The van der Waals surface area contributed by atoms with Crippen molar-refractivity contribution in [3.05, 3.63) is 29.1 Å². The number of carbonyl (C=O) groups excluding carboxylic acids is 1. The number of ether oxygens (including phenoxy) is 2. The molecular weight excluding hydrogens is 230 g/mol. The molecule has 0 N–H and O–H groups in total. The van der Waals surface area contributed by atoms with Crippen molar-refractivity contribution in [3.8, 4) is 0 Å². The SMILES string of the molecule is CCOC(=O)C(OC(C)C)c1ccc(C)nc1C. The van der Waals surface area contributed by atoms with Gasteiger partial charge >= 0.3 is 5.97 Å². The largest absolute Gasteiger partial charge is 0.464 e. The van der Waals surface area contributed by atoms with E-state index in [-0.39, 0.29) is 12.1 Å². The van der Waals surface area contributed by atoms with E-state index in [2.05, 4.69) is 4.98 Å². The lowest BCUT2D eigenvalue weighted by molar-refractivity contribution is -0.160. The van der Waals surface area contributed by atoms with Gasteiger partial charge in [0.1, 0.15) is 0 Å². The highest BCUT2D eigenvalue weighted by Crippen LogP contribution is 2.23. The van der Waals surface area contributed by atoms with E-state index >= 15 is 0 Å². The zero-order chi connectivity index (χ0) is 13.7. The number of aromatic nitrogens is 1. The van der Waals surface area contributed by atoms with Crippen LogP contribution in [0.1, 0.15) is 43.8 Å². The van der Waals surface area contributed by atoms with Gasteiger partial charge in [0.05, 0.1) is 12.7 Å². The van der Waals surface area contributed by atoms with Gasteiger partial charge in [0.25, 0.3) is 0 Å². The van der Waals surface area contributed by atoms with Crippen LogP contribution in [0.2, 0.25) is 0 Å². The van der Waals surface area contributed by atoms with Gasteiger partial charge in [-0.25, -0.2) is 4.79 Å². The van der Waals surface area contributed by atoms with Crippen LogP contribution < -0.4 is 0 Å². The minimum absolute atomic E-state index is 0.0555. The van der Waals surface area contributed by atoms with E-state index in [1.165, 1.54) is 0 Å². The van der Waals surface area contributed by atoms with Crippen LogP contribution in [0.4, 0.5) is 0 Å². The first-order valence-corrected chi connectivity index (χ1v) is 6.22. The predicted molar refractivity (Wildman–Crippen MR) is 69.3 cm³/mol. The highest BCUT2D eigenvalue weighted by Gasteiger charge is 2.26. The van der Waals surface area contributed by atoms with E-state index in [0.29, 0.717) is 6.61 Å². The predicted octanol–water partition coefficient (Wildman–Crippen LogP) is 2.73. The van der Waals surface area contributed by atoms with Crippen molar-refractivity contribution in [2.75, 3.05) is 6.61 Å². The molecule has 0 saturated carbocycles. The van der Waals surface area contributed by atoms with E-state index < -0.39 is 6.10 Å². The minimum Gasteiger partial charge on any atom is -0.464 e. The van der Waals surface area contributed by atoms with Crippen molar-refractivity contribution in [3.63, 3.8) is 0 Å². The molecule has 0 saturated heterocycles. The third-order valence-corrected chi connectivity index (χ3v) is 2.46. The summed E-state index contributed by atoms with van der Waals surface area (Å²) in [5, 5.41) is 0. The Bertz CT molecular complexity index is 416. The minimum atomic E-state index is -0.696. The van der Waals surface area contributed by atoms with Gasteiger partial charge in [-0.2, -0.15) is 0 Å². The summed E-state index contributed by atoms with van der Waals surface area (Å²) in [6.07, 6.45) is -0.752. The standard InChI is InChI=1S/C14H21NO3/c1-6-17-14(16)13(18-9(2)3)12-8-7-10(4)15-11(12)5/h7-9,13H,6H2,1-5H3. The van der Waals surface area contributed by atoms with Crippen LogP contribution in [-0.2, 0) is 14.3 Å². The average Bonchev–Trinajstić information content (AvgIpc) is 2.26. The second-order valence-electron chi connectivity index (χ2n) is 4.44. The van der Waals surface area contributed by atoms with E-state index in [1.807, 2.05) is 39.8 Å². The molecule has 0 aliphatic carbocycles. The van der Waals surface area contributed by atoms with Crippen LogP contribution in [0.3, 0.4) is 0 Å². The first-order chi connectivity index (χ1) is 8.45. The fourth-order valence-electron chi connectivity index (χ4n) is 1.72. The summed E-state index contributed by atoms with van der Waals surface area (Å²) in [4.78, 5) is 16.3. The van der Waals surface area contributed by atoms with Crippen molar-refractivity contribution in [2.45, 2.75) is 46.8 Å². The summed E-state index contributed by atoms with van der Waals surface area (Å²) in [5.74, 6) is -0.361. The number of esters is 1. The lowest BCUT2D eigenvalue weighted by Gasteiger charge is -2.20. The first-order valence-electron chi connectivity index (χ1n) is 6.22. The van der Waals surface area contributed by atoms with Crippen LogP contribution >= 0.6 is 0 Å². The normalized spacial score (nSPS) is 12.6. The molecular formula is C14H21NO3. The highest BCUT2D eigenvalue weighted by molar-refractivity contribution is 5.76. The Balaban J connectivity index is 3.04. The van der Waals surface area contributed by atoms with Gasteiger partial charge in [0, 0.05) is 17.0 Å². The molecule has 4 nitrogen and oxygen atoms in total. The fraction of sp³-hybridized carbons (Fsp3) is 0.571. The molecule has 1 unspecified atom stereocenters. The summed E-state index contributed by atoms with van der Waals surface area (Å²) >= 11 is 0. The van der Waals surface area contributed by atoms with Gasteiger partial charge < -0.3 is 9.47 Å². The Morgan fingerprint density at radius 1 is 1.33 bits per heavy atom. The second kappa shape index (κ2) is 6.50. The van der Waals surface area contributed by atoms with E-state index in [1.54, 1.807) is 6.92 Å². The lowest BCUT2D eigenvalue weighted by atomic mass is 10.1. The fourth-order valence-corrected chi connectivity index (χ4v) is 1.72. The Morgan fingerprint density at radius 3 is 2.50 bits per heavy atom. The van der Waals surface area contributed by atoms with E-state index in [0.717, 1.165) is 17.0 Å². The number of carbonyl (C=O) groups is 1. The first kappa shape index (κ1) is 14.6. The monoisotopic (exact) mass is 251 g/mol. The molecule has 1 aromatic rings. The van der Waals surface area contributed by atoms with Gasteiger partial charge in [0.2, 0.25) is 0 Å². The average molecular weight is 251 g/mol. The quantitative estimate of drug-likeness (QED) is 0.755. The third-order valence-electron chi connectivity index (χ3n) is 2.46. The van der Waals surface area contributed by atoms with E-state index in [4.69, 9.17) is 9.47 Å². The molecule has 100 valence electrons. The summed E-state index contributed by atoms with van der Waals surface area (Å²) in [6.45, 7) is 9.70. The maximum absolute atomic E-state index is 11.9. The molecule has 0 fully saturated rings. The van der Waals surface area contributed by atoms with Crippen molar-refractivity contribution >= 4 is 5.97 Å². The molecule has 1 rings (SSSR count). The number of pyridine rings is 1. The van der Waals surface area contributed by atoms with Gasteiger partial charge in [-0.15, -0.1) is 0 Å². The number of hydrogen-bond acceptors (Lipinski definition) is 4. The van der Waals surface area contributed by atoms with Gasteiger partial charge in [-0.1, -0.05) is 6.07 Å². The third kappa shape index (κ3) is 3.81. The molecule has 18 heavy (non-hydrogen) atoms. The van der Waals surface area contributed by atoms with Crippen molar-refractivity contribution in [2.24, 2.45) is 0 Å². The second-order valence-corrected chi connectivity index (χ2v) is 4.44. The number of aryl methyl sites for hydroxylation is 2. The zero-order valence-corrected chi connectivity index (χ0v) is 11.7. The molecule has 1 aromatic heterocycles. The molecule has 4 heteroatoms. The Morgan fingerprint density at radius 2 is 2.00 bits per heavy atom. The van der Waals surface area contributed by atoms with Crippen LogP contribution in [0.25, 0.3) is 0 Å². The van der Waals surface area contributed by atoms with Crippen LogP contribution in [0.15, 0.2) is 12.1 Å². The highest BCUT2D eigenvalue weighted by atomic mass is 16.6. The number of nitrogens with zero attached hydrogens (tertiary/aromatic N) is 1. The molecule has 1 atom stereocenters. The Hall–Kier alpha value is -1.42. The van der Waals surface area contributed by atoms with Crippen LogP contribution in [-0.4, -0.2) is 23.7 Å². The van der Waals surface area contributed by atoms with Crippen LogP contribution in [0.5, 0.6) is 0 Å².